The summed E-state index contributed by atoms with van der Waals surface area (Å²) in [6, 6.07) is 13.6. The van der Waals surface area contributed by atoms with E-state index in [-0.39, 0.29) is 18.8 Å². The second kappa shape index (κ2) is 10.2. The minimum atomic E-state index is -0.420. The van der Waals surface area contributed by atoms with Crippen LogP contribution in [0.25, 0.3) is 0 Å². The molecule has 2 aromatic carbocycles. The molecule has 0 saturated heterocycles. The van der Waals surface area contributed by atoms with E-state index < -0.39 is 5.97 Å². The standard InChI is InChI=1S/C21H27N3O4/c1-15(25)14-28-21(26)9-10-24(13-16-7-5-4-6-8-16)19-12-18(23-2)17(22)11-20(19)27-3/h4-8,11-12,23H,9-10,13-14,22H2,1-3H3. The molecule has 0 spiro atoms. The lowest BCUT2D eigenvalue weighted by molar-refractivity contribution is -0.147. The highest BCUT2D eigenvalue weighted by atomic mass is 16.5. The Kier molecular flexibility index (Phi) is 7.68. The zero-order valence-electron chi connectivity index (χ0n) is 16.5. The van der Waals surface area contributed by atoms with Crippen molar-refractivity contribution in [3.05, 3.63) is 48.0 Å². The minimum absolute atomic E-state index is 0.141. The topological polar surface area (TPSA) is 93.9 Å². The number of nitrogens with one attached hydrogen (secondary N) is 1. The molecule has 0 fully saturated rings. The largest absolute Gasteiger partial charge is 0.495 e. The molecule has 0 atom stereocenters. The normalized spacial score (nSPS) is 10.2. The SMILES string of the molecule is CNc1cc(N(CCC(=O)OCC(C)=O)Cc2ccccc2)c(OC)cc1N. The molecule has 0 aliphatic rings. The number of esters is 1. The monoisotopic (exact) mass is 385 g/mol. The fraction of sp³-hybridized carbons (Fsp3) is 0.333. The van der Waals surface area contributed by atoms with Crippen LogP contribution in [0.1, 0.15) is 18.9 Å². The number of anilines is 3. The molecular formula is C21H27N3O4. The molecule has 2 rings (SSSR count). The Balaban J connectivity index is 2.27. The van der Waals surface area contributed by atoms with E-state index in [1.54, 1.807) is 20.2 Å². The van der Waals surface area contributed by atoms with Gasteiger partial charge in [0.25, 0.3) is 0 Å². The van der Waals surface area contributed by atoms with Crippen molar-refractivity contribution in [3.63, 3.8) is 0 Å². The van der Waals surface area contributed by atoms with Gasteiger partial charge in [0, 0.05) is 26.2 Å². The fourth-order valence-corrected chi connectivity index (χ4v) is 2.78. The lowest BCUT2D eigenvalue weighted by Crippen LogP contribution is -2.27. The fourth-order valence-electron chi connectivity index (χ4n) is 2.78. The van der Waals surface area contributed by atoms with Crippen LogP contribution in [0, 0.1) is 0 Å². The van der Waals surface area contributed by atoms with Gasteiger partial charge in [-0.05, 0) is 18.6 Å². The van der Waals surface area contributed by atoms with Crippen molar-refractivity contribution < 1.29 is 19.1 Å². The van der Waals surface area contributed by atoms with Crippen molar-refractivity contribution >= 4 is 28.8 Å². The van der Waals surface area contributed by atoms with E-state index in [9.17, 15) is 9.59 Å². The molecule has 0 unspecified atom stereocenters. The molecule has 0 saturated carbocycles. The van der Waals surface area contributed by atoms with Crippen LogP contribution in [0.15, 0.2) is 42.5 Å². The van der Waals surface area contributed by atoms with Gasteiger partial charge in [-0.25, -0.2) is 0 Å². The van der Waals surface area contributed by atoms with Crippen LogP contribution in [0.4, 0.5) is 17.1 Å². The lowest BCUT2D eigenvalue weighted by atomic mass is 10.1. The number of hydrogen-bond acceptors (Lipinski definition) is 7. The van der Waals surface area contributed by atoms with Gasteiger partial charge in [0.05, 0.1) is 30.6 Å². The molecule has 7 heteroatoms. The van der Waals surface area contributed by atoms with Gasteiger partial charge >= 0.3 is 5.97 Å². The summed E-state index contributed by atoms with van der Waals surface area (Å²) in [6.07, 6.45) is 0.141. The Morgan fingerprint density at radius 2 is 1.89 bits per heavy atom. The van der Waals surface area contributed by atoms with E-state index >= 15 is 0 Å². The quantitative estimate of drug-likeness (QED) is 0.480. The second-order valence-electron chi connectivity index (χ2n) is 6.38. The van der Waals surface area contributed by atoms with Crippen molar-refractivity contribution in [2.24, 2.45) is 0 Å². The number of nitrogens with two attached hydrogens (primary N) is 1. The predicted molar refractivity (Wildman–Crippen MR) is 111 cm³/mol. The van der Waals surface area contributed by atoms with Crippen molar-refractivity contribution in [1.29, 1.82) is 0 Å². The molecule has 7 nitrogen and oxygen atoms in total. The minimum Gasteiger partial charge on any atom is -0.495 e. The number of carbonyl (C=O) groups is 2. The van der Waals surface area contributed by atoms with Crippen molar-refractivity contribution in [2.45, 2.75) is 19.9 Å². The smallest absolute Gasteiger partial charge is 0.308 e. The van der Waals surface area contributed by atoms with Gasteiger partial charge in [0.2, 0.25) is 0 Å². The van der Waals surface area contributed by atoms with Gasteiger partial charge in [-0.15, -0.1) is 0 Å². The number of rotatable bonds is 10. The molecule has 0 heterocycles. The first kappa shape index (κ1) is 21.1. The summed E-state index contributed by atoms with van der Waals surface area (Å²) < 4.78 is 10.5. The van der Waals surface area contributed by atoms with Gasteiger partial charge in [-0.3, -0.25) is 9.59 Å². The number of carbonyl (C=O) groups excluding carboxylic acids is 2. The number of methoxy groups -OCH3 is 1. The third-order valence-electron chi connectivity index (χ3n) is 4.20. The zero-order valence-corrected chi connectivity index (χ0v) is 16.5. The van der Waals surface area contributed by atoms with E-state index in [2.05, 4.69) is 5.32 Å². The Bertz CT molecular complexity index is 809. The lowest BCUT2D eigenvalue weighted by Gasteiger charge is -2.27. The molecular weight excluding hydrogens is 358 g/mol. The summed E-state index contributed by atoms with van der Waals surface area (Å²) >= 11 is 0. The highest BCUT2D eigenvalue weighted by Crippen LogP contribution is 2.36. The van der Waals surface area contributed by atoms with E-state index in [1.807, 2.05) is 41.3 Å². The number of nitrogen functional groups attached to an aromatic ring is 1. The van der Waals surface area contributed by atoms with E-state index in [4.69, 9.17) is 15.2 Å². The van der Waals surface area contributed by atoms with Crippen molar-refractivity contribution in [2.75, 3.05) is 43.3 Å². The molecule has 0 aliphatic carbocycles. The Morgan fingerprint density at radius 3 is 2.50 bits per heavy atom. The molecule has 2 aromatic rings. The number of Topliss-reactive ketones (excluding diaryl/α,β-unsaturated/α-hetero) is 1. The first-order chi connectivity index (χ1) is 13.4. The van der Waals surface area contributed by atoms with Gasteiger partial charge < -0.3 is 25.4 Å². The third kappa shape index (κ3) is 5.90. The van der Waals surface area contributed by atoms with E-state index in [0.29, 0.717) is 24.5 Å². The summed E-state index contributed by atoms with van der Waals surface area (Å²) in [5.74, 6) is 0.00871. The first-order valence-corrected chi connectivity index (χ1v) is 9.03. The number of hydrogen-bond donors (Lipinski definition) is 2. The molecule has 0 amide bonds. The van der Waals surface area contributed by atoms with Crippen LogP contribution >= 0.6 is 0 Å². The maximum atomic E-state index is 12.0. The molecule has 0 aromatic heterocycles. The number of ether oxygens (including phenoxy) is 2. The highest BCUT2D eigenvalue weighted by molar-refractivity contribution is 5.81. The maximum absolute atomic E-state index is 12.0. The molecule has 150 valence electrons. The van der Waals surface area contributed by atoms with Crippen LogP contribution in [0.2, 0.25) is 0 Å². The van der Waals surface area contributed by atoms with Crippen LogP contribution in [-0.4, -0.2) is 39.1 Å². The molecule has 0 bridgehead atoms. The van der Waals surface area contributed by atoms with Crippen LogP contribution in [0.5, 0.6) is 5.75 Å². The molecule has 0 aliphatic heterocycles. The van der Waals surface area contributed by atoms with Gasteiger partial charge in [0.15, 0.2) is 5.78 Å². The van der Waals surface area contributed by atoms with E-state index in [0.717, 1.165) is 16.9 Å². The third-order valence-corrected chi connectivity index (χ3v) is 4.20. The van der Waals surface area contributed by atoms with Gasteiger partial charge in [0.1, 0.15) is 12.4 Å². The predicted octanol–water partition coefficient (Wildman–Crippen LogP) is 2.85. The number of ketones is 1. The van der Waals surface area contributed by atoms with Crippen molar-refractivity contribution in [3.8, 4) is 5.75 Å². The summed E-state index contributed by atoms with van der Waals surface area (Å²) in [7, 11) is 3.38. The summed E-state index contributed by atoms with van der Waals surface area (Å²) in [4.78, 5) is 25.0. The second-order valence-corrected chi connectivity index (χ2v) is 6.38. The zero-order chi connectivity index (χ0) is 20.5. The molecule has 0 radical (unpaired) electrons. The van der Waals surface area contributed by atoms with E-state index in [1.165, 1.54) is 6.92 Å². The van der Waals surface area contributed by atoms with Gasteiger partial charge in [-0.2, -0.15) is 0 Å². The van der Waals surface area contributed by atoms with Crippen molar-refractivity contribution in [1.82, 2.24) is 0 Å². The number of benzene rings is 2. The highest BCUT2D eigenvalue weighted by Gasteiger charge is 2.17. The first-order valence-electron chi connectivity index (χ1n) is 9.03. The Labute approximate surface area is 165 Å². The summed E-state index contributed by atoms with van der Waals surface area (Å²) in [6.45, 7) is 2.15. The van der Waals surface area contributed by atoms with Crippen LogP contribution in [-0.2, 0) is 20.9 Å². The Morgan fingerprint density at radius 1 is 1.18 bits per heavy atom. The number of nitrogens with zero attached hydrogens (tertiary/aromatic N) is 1. The van der Waals surface area contributed by atoms with Crippen LogP contribution in [0.3, 0.4) is 0 Å². The molecule has 3 N–H and O–H groups in total. The average Bonchev–Trinajstić information content (AvgIpc) is 2.70. The average molecular weight is 385 g/mol. The van der Waals surface area contributed by atoms with Crippen LogP contribution < -0.4 is 20.7 Å². The Hall–Kier alpha value is -3.22. The maximum Gasteiger partial charge on any atom is 0.308 e. The summed E-state index contributed by atoms with van der Waals surface area (Å²) in [5.41, 5.74) is 9.29. The molecule has 28 heavy (non-hydrogen) atoms. The van der Waals surface area contributed by atoms with Gasteiger partial charge in [-0.1, -0.05) is 30.3 Å². The summed E-state index contributed by atoms with van der Waals surface area (Å²) in [5, 5.41) is 3.07.